The number of H-pyrrole nitrogens is 1. The van der Waals surface area contributed by atoms with Crippen molar-refractivity contribution in [1.82, 2.24) is 4.98 Å². The molecule has 1 amide bonds. The van der Waals surface area contributed by atoms with Crippen LogP contribution in [-0.2, 0) is 14.4 Å². The van der Waals surface area contributed by atoms with Crippen molar-refractivity contribution in [2.45, 2.75) is 31.9 Å². The zero-order valence-electron chi connectivity index (χ0n) is 17.6. The summed E-state index contributed by atoms with van der Waals surface area (Å²) in [6.07, 6.45) is -0.105. The number of oxazole rings is 1. The first kappa shape index (κ1) is 22.3. The third-order valence-corrected chi connectivity index (χ3v) is 6.56. The molecule has 0 spiro atoms. The standard InChI is InChI=1S/C21H22N4O8/c1-5-3-7-13(23)15(27)12(19(24)30)18(29)21(7,32)17(28)10(5)14(26)11-6(2)8(22)4-9-16(11)33-20(31)25-9/h4-5,7,13,26,29,32H,3,22-23H2,1-2H3,(H2,24,30)(H,25,31)/t5-,7-,13-,21-/m0/s1. The first-order chi connectivity index (χ1) is 15.3. The van der Waals surface area contributed by atoms with Crippen LogP contribution in [0.1, 0.15) is 24.5 Å². The van der Waals surface area contributed by atoms with Gasteiger partial charge >= 0.3 is 5.76 Å². The molecule has 1 saturated carbocycles. The van der Waals surface area contributed by atoms with Gasteiger partial charge in [0.25, 0.3) is 5.91 Å². The molecule has 1 aromatic carbocycles. The molecule has 2 aliphatic rings. The van der Waals surface area contributed by atoms with E-state index < -0.39 is 63.8 Å². The van der Waals surface area contributed by atoms with E-state index in [1.807, 2.05) is 0 Å². The summed E-state index contributed by atoms with van der Waals surface area (Å²) in [7, 11) is 0. The molecule has 12 heteroatoms. The van der Waals surface area contributed by atoms with E-state index >= 15 is 0 Å². The van der Waals surface area contributed by atoms with Gasteiger partial charge in [0.15, 0.2) is 17.0 Å². The van der Waals surface area contributed by atoms with Gasteiger partial charge in [0.2, 0.25) is 5.78 Å². The summed E-state index contributed by atoms with van der Waals surface area (Å²) < 4.78 is 5.13. The summed E-state index contributed by atoms with van der Waals surface area (Å²) in [5.74, 6) is -8.23. The minimum absolute atomic E-state index is 0.0598. The first-order valence-corrected chi connectivity index (χ1v) is 9.98. The molecule has 4 rings (SSSR count). The van der Waals surface area contributed by atoms with E-state index in [0.29, 0.717) is 0 Å². The van der Waals surface area contributed by atoms with Crippen LogP contribution in [0.2, 0.25) is 0 Å². The van der Waals surface area contributed by atoms with Gasteiger partial charge < -0.3 is 36.9 Å². The average Bonchev–Trinajstić information content (AvgIpc) is 3.08. The predicted octanol–water partition coefficient (Wildman–Crippen LogP) is -0.556. The minimum Gasteiger partial charge on any atom is -0.508 e. The van der Waals surface area contributed by atoms with Gasteiger partial charge in [-0.25, -0.2) is 4.79 Å². The lowest BCUT2D eigenvalue weighted by Gasteiger charge is -2.46. The molecule has 1 fully saturated rings. The van der Waals surface area contributed by atoms with Crippen LogP contribution in [-0.4, -0.2) is 49.4 Å². The minimum atomic E-state index is -2.78. The molecule has 2 aliphatic carbocycles. The quantitative estimate of drug-likeness (QED) is 0.131. The third-order valence-electron chi connectivity index (χ3n) is 6.56. The normalized spacial score (nSPS) is 29.4. The third kappa shape index (κ3) is 2.84. The van der Waals surface area contributed by atoms with Crippen LogP contribution < -0.4 is 23.0 Å². The molecule has 1 aromatic heterocycles. The van der Waals surface area contributed by atoms with Crippen LogP contribution in [0, 0.1) is 18.8 Å². The number of hydrogen-bond acceptors (Lipinski definition) is 10. The number of carbonyl (C=O) groups excluding carboxylic acids is 3. The molecule has 12 nitrogen and oxygen atoms in total. The molecule has 0 bridgehead atoms. The fourth-order valence-corrected chi connectivity index (χ4v) is 4.82. The molecule has 33 heavy (non-hydrogen) atoms. The van der Waals surface area contributed by atoms with Crippen LogP contribution in [0.3, 0.4) is 0 Å². The number of nitrogens with one attached hydrogen (secondary N) is 1. The number of amides is 1. The van der Waals surface area contributed by atoms with E-state index in [2.05, 4.69) is 4.98 Å². The Morgan fingerprint density at radius 1 is 1.30 bits per heavy atom. The number of aromatic amines is 1. The maximum Gasteiger partial charge on any atom is 0.417 e. The highest BCUT2D eigenvalue weighted by atomic mass is 16.4. The largest absolute Gasteiger partial charge is 0.508 e. The lowest BCUT2D eigenvalue weighted by molar-refractivity contribution is -0.149. The number of nitrogens with two attached hydrogens (primary N) is 3. The summed E-state index contributed by atoms with van der Waals surface area (Å²) in [5, 5.41) is 33.2. The number of anilines is 1. The van der Waals surface area contributed by atoms with Gasteiger partial charge in [-0.05, 0) is 30.9 Å². The van der Waals surface area contributed by atoms with Crippen LogP contribution in [0.5, 0.6) is 0 Å². The molecule has 174 valence electrons. The number of nitrogen functional groups attached to an aromatic ring is 1. The Kier molecular flexibility index (Phi) is 4.76. The van der Waals surface area contributed by atoms with Gasteiger partial charge in [-0.1, -0.05) is 6.92 Å². The number of benzene rings is 1. The SMILES string of the molecule is Cc1c(N)cc2[nH]c(=O)oc2c1C(O)=C1C(=O)[C@]2(O)C(O)=C(C(N)=O)C(=O)[C@@H](N)[C@@H]2C[C@@H]1C. The zero-order chi connectivity index (χ0) is 24.6. The summed E-state index contributed by atoms with van der Waals surface area (Å²) in [4.78, 5) is 51.9. The lowest BCUT2D eigenvalue weighted by atomic mass is 9.60. The summed E-state index contributed by atoms with van der Waals surface area (Å²) in [6, 6.07) is -0.0707. The Balaban J connectivity index is 2.02. The first-order valence-electron chi connectivity index (χ1n) is 9.98. The van der Waals surface area contributed by atoms with Crippen LogP contribution in [0.25, 0.3) is 16.9 Å². The molecular weight excluding hydrogens is 436 g/mol. The summed E-state index contributed by atoms with van der Waals surface area (Å²) in [6.45, 7) is 3.08. The van der Waals surface area contributed by atoms with Crippen LogP contribution in [0.4, 0.5) is 5.69 Å². The monoisotopic (exact) mass is 458 g/mol. The van der Waals surface area contributed by atoms with Crippen LogP contribution in [0.15, 0.2) is 32.2 Å². The van der Waals surface area contributed by atoms with Gasteiger partial charge in [-0.2, -0.15) is 0 Å². The van der Waals surface area contributed by atoms with Crippen molar-refractivity contribution in [3.05, 3.63) is 44.6 Å². The number of Topliss-reactive ketones (excluding diaryl/α,β-unsaturated/α-hetero) is 2. The maximum atomic E-state index is 13.6. The lowest BCUT2D eigenvalue weighted by Crippen LogP contribution is -2.64. The number of carbonyl (C=O) groups is 3. The fraction of sp³-hybridized carbons (Fsp3) is 0.333. The Bertz CT molecular complexity index is 1380. The average molecular weight is 458 g/mol. The second kappa shape index (κ2) is 7.05. The number of fused-ring (bicyclic) bond motifs is 2. The van der Waals surface area contributed by atoms with Crippen LogP contribution >= 0.6 is 0 Å². The molecule has 0 saturated heterocycles. The van der Waals surface area contributed by atoms with E-state index in [4.69, 9.17) is 21.6 Å². The summed E-state index contributed by atoms with van der Waals surface area (Å²) >= 11 is 0. The highest BCUT2D eigenvalue weighted by molar-refractivity contribution is 6.24. The van der Waals surface area contributed by atoms with Crippen molar-refractivity contribution in [2.75, 3.05) is 5.73 Å². The maximum absolute atomic E-state index is 13.6. The molecule has 1 heterocycles. The smallest absolute Gasteiger partial charge is 0.417 e. The van der Waals surface area contributed by atoms with Gasteiger partial charge in [0.05, 0.1) is 17.1 Å². The van der Waals surface area contributed by atoms with Crippen molar-refractivity contribution in [3.8, 4) is 0 Å². The highest BCUT2D eigenvalue weighted by Crippen LogP contribution is 2.48. The number of ketones is 2. The van der Waals surface area contributed by atoms with Crippen molar-refractivity contribution in [1.29, 1.82) is 0 Å². The van der Waals surface area contributed by atoms with Gasteiger partial charge in [0, 0.05) is 17.2 Å². The topological polar surface area (TPSA) is 236 Å². The summed E-state index contributed by atoms with van der Waals surface area (Å²) in [5.41, 5.74) is 13.5. The van der Waals surface area contributed by atoms with Gasteiger partial charge in [0.1, 0.15) is 17.1 Å². The molecule has 0 unspecified atom stereocenters. The number of aromatic nitrogens is 1. The van der Waals surface area contributed by atoms with Crippen molar-refractivity contribution >= 4 is 40.0 Å². The highest BCUT2D eigenvalue weighted by Gasteiger charge is 2.62. The molecule has 0 aliphatic heterocycles. The molecule has 4 atom stereocenters. The Morgan fingerprint density at radius 3 is 2.55 bits per heavy atom. The zero-order valence-corrected chi connectivity index (χ0v) is 17.6. The number of aliphatic hydroxyl groups is 3. The predicted molar refractivity (Wildman–Crippen MR) is 115 cm³/mol. The van der Waals surface area contributed by atoms with Gasteiger partial charge in [-0.15, -0.1) is 0 Å². The van der Waals surface area contributed by atoms with Crippen molar-refractivity contribution in [3.63, 3.8) is 0 Å². The number of rotatable bonds is 2. The second-order valence-electron chi connectivity index (χ2n) is 8.44. The van der Waals surface area contributed by atoms with E-state index in [9.17, 15) is 34.5 Å². The number of primary amides is 1. The number of aliphatic hydroxyl groups excluding tert-OH is 2. The Hall–Kier alpha value is -3.90. The second-order valence-corrected chi connectivity index (χ2v) is 8.44. The molecular formula is C21H22N4O8. The number of hydrogen-bond donors (Lipinski definition) is 7. The van der Waals surface area contributed by atoms with Crippen molar-refractivity contribution in [2.24, 2.45) is 23.3 Å². The van der Waals surface area contributed by atoms with Crippen molar-refractivity contribution < 1.29 is 34.1 Å². The fourth-order valence-electron chi connectivity index (χ4n) is 4.82. The van der Waals surface area contributed by atoms with E-state index in [1.165, 1.54) is 13.0 Å². The molecule has 10 N–H and O–H groups in total. The van der Waals surface area contributed by atoms with E-state index in [1.54, 1.807) is 6.92 Å². The van der Waals surface area contributed by atoms with E-state index in [0.717, 1.165) is 0 Å². The Labute approximate surface area is 185 Å². The Morgan fingerprint density at radius 2 is 1.94 bits per heavy atom. The molecule has 0 radical (unpaired) electrons. The molecule has 2 aromatic rings. The van der Waals surface area contributed by atoms with E-state index in [-0.39, 0.29) is 39.9 Å². The van der Waals surface area contributed by atoms with Gasteiger partial charge in [-0.3, -0.25) is 19.4 Å².